The van der Waals surface area contributed by atoms with Gasteiger partial charge in [0.2, 0.25) is 5.91 Å². The minimum Gasteiger partial charge on any atom is -0.355 e. The summed E-state index contributed by atoms with van der Waals surface area (Å²) in [6.45, 7) is 4.66. The van der Waals surface area contributed by atoms with Crippen LogP contribution in [0.25, 0.3) is 0 Å². The first kappa shape index (κ1) is 15.6. The lowest BCUT2D eigenvalue weighted by atomic mass is 9.96. The molecular weight excluding hydrogens is 284 g/mol. The number of aromatic amines is 1. The van der Waals surface area contributed by atoms with Crippen LogP contribution in [-0.2, 0) is 4.79 Å². The maximum Gasteiger partial charge on any atom is 0.233 e. The van der Waals surface area contributed by atoms with Gasteiger partial charge in [-0.05, 0) is 18.9 Å². The van der Waals surface area contributed by atoms with Crippen molar-refractivity contribution in [2.45, 2.75) is 36.6 Å². The SMILES string of the molecule is CC[C@@H](CNC(=O)[C@@H](C)Sc1ncn[nH]1)c1ccccc1. The molecule has 0 unspecified atom stereocenters. The average Bonchev–Trinajstić information content (AvgIpc) is 3.01. The first-order valence-electron chi connectivity index (χ1n) is 7.05. The molecule has 0 radical (unpaired) electrons. The van der Waals surface area contributed by atoms with E-state index in [2.05, 4.69) is 39.6 Å². The van der Waals surface area contributed by atoms with Gasteiger partial charge < -0.3 is 5.32 Å². The van der Waals surface area contributed by atoms with Crippen molar-refractivity contribution in [3.63, 3.8) is 0 Å². The Morgan fingerprint density at radius 3 is 2.76 bits per heavy atom. The van der Waals surface area contributed by atoms with Gasteiger partial charge in [0.15, 0.2) is 5.16 Å². The van der Waals surface area contributed by atoms with Gasteiger partial charge in [-0.2, -0.15) is 5.10 Å². The second kappa shape index (κ2) is 7.83. The molecule has 1 heterocycles. The van der Waals surface area contributed by atoms with Crippen molar-refractivity contribution in [2.75, 3.05) is 6.54 Å². The molecule has 1 aromatic heterocycles. The van der Waals surface area contributed by atoms with E-state index < -0.39 is 0 Å². The Morgan fingerprint density at radius 2 is 2.14 bits per heavy atom. The summed E-state index contributed by atoms with van der Waals surface area (Å²) < 4.78 is 0. The van der Waals surface area contributed by atoms with Crippen LogP contribution in [0.4, 0.5) is 0 Å². The summed E-state index contributed by atoms with van der Waals surface area (Å²) >= 11 is 1.37. The molecule has 2 N–H and O–H groups in total. The Kier molecular flexibility index (Phi) is 5.80. The molecule has 0 aliphatic rings. The monoisotopic (exact) mass is 304 g/mol. The summed E-state index contributed by atoms with van der Waals surface area (Å²) in [6, 6.07) is 10.3. The molecule has 0 fully saturated rings. The van der Waals surface area contributed by atoms with Crippen molar-refractivity contribution in [1.82, 2.24) is 20.5 Å². The van der Waals surface area contributed by atoms with E-state index in [4.69, 9.17) is 0 Å². The number of nitrogens with one attached hydrogen (secondary N) is 2. The van der Waals surface area contributed by atoms with E-state index in [0.717, 1.165) is 6.42 Å². The maximum atomic E-state index is 12.1. The highest BCUT2D eigenvalue weighted by atomic mass is 32.2. The highest BCUT2D eigenvalue weighted by molar-refractivity contribution is 8.00. The predicted octanol–water partition coefficient (Wildman–Crippen LogP) is 2.60. The van der Waals surface area contributed by atoms with E-state index in [1.807, 2.05) is 25.1 Å². The lowest BCUT2D eigenvalue weighted by Crippen LogP contribution is -2.34. The zero-order valence-corrected chi connectivity index (χ0v) is 13.1. The Morgan fingerprint density at radius 1 is 1.38 bits per heavy atom. The normalized spacial score (nSPS) is 13.6. The van der Waals surface area contributed by atoms with Crippen LogP contribution in [0.5, 0.6) is 0 Å². The number of thioether (sulfide) groups is 1. The van der Waals surface area contributed by atoms with Crippen LogP contribution < -0.4 is 5.32 Å². The number of carbonyl (C=O) groups is 1. The number of amides is 1. The van der Waals surface area contributed by atoms with Gasteiger partial charge in [-0.3, -0.25) is 9.89 Å². The van der Waals surface area contributed by atoms with E-state index in [-0.39, 0.29) is 11.2 Å². The van der Waals surface area contributed by atoms with Crippen LogP contribution in [0.2, 0.25) is 0 Å². The van der Waals surface area contributed by atoms with Gasteiger partial charge in [-0.15, -0.1) is 0 Å². The topological polar surface area (TPSA) is 70.7 Å². The van der Waals surface area contributed by atoms with Gasteiger partial charge in [0.05, 0.1) is 5.25 Å². The molecule has 1 aromatic carbocycles. The third-order valence-corrected chi connectivity index (χ3v) is 4.32. The van der Waals surface area contributed by atoms with Crippen LogP contribution in [0.15, 0.2) is 41.8 Å². The van der Waals surface area contributed by atoms with Crippen molar-refractivity contribution in [3.8, 4) is 0 Å². The summed E-state index contributed by atoms with van der Waals surface area (Å²) in [5.74, 6) is 0.364. The molecule has 6 heteroatoms. The summed E-state index contributed by atoms with van der Waals surface area (Å²) in [5.41, 5.74) is 1.26. The number of hydrogen-bond acceptors (Lipinski definition) is 4. The Labute approximate surface area is 128 Å². The van der Waals surface area contributed by atoms with Crippen LogP contribution in [0.1, 0.15) is 31.7 Å². The maximum absolute atomic E-state index is 12.1. The smallest absolute Gasteiger partial charge is 0.233 e. The van der Waals surface area contributed by atoms with E-state index in [1.54, 1.807) is 0 Å². The molecule has 21 heavy (non-hydrogen) atoms. The highest BCUT2D eigenvalue weighted by Crippen LogP contribution is 2.20. The lowest BCUT2D eigenvalue weighted by Gasteiger charge is -2.17. The Bertz CT molecular complexity index is 544. The van der Waals surface area contributed by atoms with Gasteiger partial charge in [0, 0.05) is 12.5 Å². The zero-order valence-electron chi connectivity index (χ0n) is 12.2. The molecule has 5 nitrogen and oxygen atoms in total. The molecule has 0 bridgehead atoms. The number of benzene rings is 1. The molecule has 0 saturated heterocycles. The van der Waals surface area contributed by atoms with Gasteiger partial charge in [-0.1, -0.05) is 49.0 Å². The average molecular weight is 304 g/mol. The Balaban J connectivity index is 1.84. The summed E-state index contributed by atoms with van der Waals surface area (Å²) in [4.78, 5) is 16.1. The minimum absolute atomic E-state index is 0.0192. The molecule has 1 amide bonds. The fourth-order valence-electron chi connectivity index (χ4n) is 2.06. The van der Waals surface area contributed by atoms with E-state index in [0.29, 0.717) is 17.6 Å². The number of hydrogen-bond donors (Lipinski definition) is 2. The van der Waals surface area contributed by atoms with Gasteiger partial charge in [0.25, 0.3) is 0 Å². The van der Waals surface area contributed by atoms with Crippen molar-refractivity contribution < 1.29 is 4.79 Å². The molecule has 112 valence electrons. The third kappa shape index (κ3) is 4.60. The van der Waals surface area contributed by atoms with E-state index in [9.17, 15) is 4.79 Å². The number of H-pyrrole nitrogens is 1. The van der Waals surface area contributed by atoms with Gasteiger partial charge in [-0.25, -0.2) is 4.98 Å². The predicted molar refractivity (Wildman–Crippen MR) is 84.2 cm³/mol. The van der Waals surface area contributed by atoms with Crippen molar-refractivity contribution >= 4 is 17.7 Å². The van der Waals surface area contributed by atoms with Crippen molar-refractivity contribution in [3.05, 3.63) is 42.2 Å². The molecule has 0 aliphatic carbocycles. The Hall–Kier alpha value is -1.82. The van der Waals surface area contributed by atoms with Crippen LogP contribution in [0, 0.1) is 0 Å². The minimum atomic E-state index is -0.203. The van der Waals surface area contributed by atoms with Crippen molar-refractivity contribution in [2.24, 2.45) is 0 Å². The third-order valence-electron chi connectivity index (χ3n) is 3.34. The summed E-state index contributed by atoms with van der Waals surface area (Å²) in [7, 11) is 0. The first-order chi connectivity index (χ1) is 10.2. The van der Waals surface area contributed by atoms with Crippen LogP contribution >= 0.6 is 11.8 Å². The van der Waals surface area contributed by atoms with Gasteiger partial charge >= 0.3 is 0 Å². The first-order valence-corrected chi connectivity index (χ1v) is 7.93. The lowest BCUT2D eigenvalue weighted by molar-refractivity contribution is -0.120. The highest BCUT2D eigenvalue weighted by Gasteiger charge is 2.17. The molecule has 2 atom stereocenters. The van der Waals surface area contributed by atoms with Crippen molar-refractivity contribution in [1.29, 1.82) is 0 Å². The van der Waals surface area contributed by atoms with Gasteiger partial charge in [0.1, 0.15) is 6.33 Å². The molecule has 2 rings (SSSR count). The second-order valence-corrected chi connectivity index (χ2v) is 6.14. The molecule has 0 saturated carbocycles. The number of rotatable bonds is 7. The van der Waals surface area contributed by atoms with Crippen LogP contribution in [-0.4, -0.2) is 32.9 Å². The number of aromatic nitrogens is 3. The largest absolute Gasteiger partial charge is 0.355 e. The summed E-state index contributed by atoms with van der Waals surface area (Å²) in [5, 5.41) is 10.00. The standard InChI is InChI=1S/C15H20N4OS/c1-3-12(13-7-5-4-6-8-13)9-16-14(20)11(2)21-15-17-10-18-19-15/h4-8,10-12H,3,9H2,1-2H3,(H,16,20)(H,17,18,19)/t11-,12+/m1/s1. The number of nitrogens with zero attached hydrogens (tertiary/aromatic N) is 2. The fraction of sp³-hybridized carbons (Fsp3) is 0.400. The molecular formula is C15H20N4OS. The van der Waals surface area contributed by atoms with E-state index in [1.165, 1.54) is 23.7 Å². The molecule has 0 spiro atoms. The number of carbonyl (C=O) groups excluding carboxylic acids is 1. The quantitative estimate of drug-likeness (QED) is 0.771. The zero-order chi connectivity index (χ0) is 15.1. The summed E-state index contributed by atoms with van der Waals surface area (Å²) in [6.07, 6.45) is 2.43. The van der Waals surface area contributed by atoms with Crippen LogP contribution in [0.3, 0.4) is 0 Å². The second-order valence-electron chi connectivity index (χ2n) is 4.81. The fourth-order valence-corrected chi connectivity index (χ4v) is 2.80. The molecule has 2 aromatic rings. The molecule has 0 aliphatic heterocycles. The van der Waals surface area contributed by atoms with E-state index >= 15 is 0 Å².